The summed E-state index contributed by atoms with van der Waals surface area (Å²) >= 11 is 0. The van der Waals surface area contributed by atoms with Gasteiger partial charge >= 0.3 is 6.09 Å². The molecule has 0 bridgehead atoms. The van der Waals surface area contributed by atoms with Crippen LogP contribution >= 0.6 is 0 Å². The Bertz CT molecular complexity index is 442. The van der Waals surface area contributed by atoms with Crippen molar-refractivity contribution >= 4 is 6.09 Å². The molecule has 0 spiro atoms. The summed E-state index contributed by atoms with van der Waals surface area (Å²) in [4.78, 5) is 11.0. The lowest BCUT2D eigenvalue weighted by atomic mass is 9.90. The Kier molecular flexibility index (Phi) is 2.41. The van der Waals surface area contributed by atoms with Gasteiger partial charge in [0.1, 0.15) is 5.60 Å². The highest BCUT2D eigenvalue weighted by atomic mass is 16.6. The van der Waals surface area contributed by atoms with Gasteiger partial charge in [0, 0.05) is 5.92 Å². The third-order valence-electron chi connectivity index (χ3n) is 3.58. The standard InChI is InChI=1S/C13H17NO2/c1-8-4-5-10-7-9(2)13(3,11(10)6-8)16-12(14)15/h4-6,9H,7H2,1-3H3,(H2,14,15)/t9-,13+/m0/s1. The number of hydrogen-bond donors (Lipinski definition) is 1. The molecule has 0 saturated carbocycles. The van der Waals surface area contributed by atoms with Gasteiger partial charge in [-0.25, -0.2) is 4.79 Å². The molecule has 1 amide bonds. The molecule has 2 rings (SSSR count). The smallest absolute Gasteiger partial charge is 0.405 e. The highest BCUT2D eigenvalue weighted by molar-refractivity contribution is 5.66. The Morgan fingerprint density at radius 1 is 1.56 bits per heavy atom. The van der Waals surface area contributed by atoms with Gasteiger partial charge in [0.2, 0.25) is 0 Å². The molecule has 0 radical (unpaired) electrons. The van der Waals surface area contributed by atoms with E-state index < -0.39 is 11.7 Å². The van der Waals surface area contributed by atoms with Crippen molar-refractivity contribution in [3.05, 3.63) is 34.9 Å². The molecule has 0 aromatic heterocycles. The van der Waals surface area contributed by atoms with E-state index in [4.69, 9.17) is 10.5 Å². The molecule has 1 aromatic carbocycles. The molecule has 0 saturated heterocycles. The number of primary amides is 1. The van der Waals surface area contributed by atoms with Crippen LogP contribution in [0.15, 0.2) is 18.2 Å². The maximum Gasteiger partial charge on any atom is 0.405 e. The summed E-state index contributed by atoms with van der Waals surface area (Å²) in [6.45, 7) is 6.06. The molecule has 2 atom stereocenters. The van der Waals surface area contributed by atoms with Crippen LogP contribution < -0.4 is 5.73 Å². The van der Waals surface area contributed by atoms with Gasteiger partial charge in [0.25, 0.3) is 0 Å². The Hall–Kier alpha value is -1.51. The number of benzene rings is 1. The molecule has 3 nitrogen and oxygen atoms in total. The van der Waals surface area contributed by atoms with E-state index in [0.717, 1.165) is 12.0 Å². The van der Waals surface area contributed by atoms with Crippen molar-refractivity contribution in [3.63, 3.8) is 0 Å². The van der Waals surface area contributed by atoms with E-state index in [1.165, 1.54) is 11.1 Å². The Labute approximate surface area is 95.6 Å². The van der Waals surface area contributed by atoms with E-state index in [1.54, 1.807) is 0 Å². The Morgan fingerprint density at radius 2 is 2.25 bits per heavy atom. The molecule has 3 heteroatoms. The van der Waals surface area contributed by atoms with Crippen molar-refractivity contribution in [2.75, 3.05) is 0 Å². The summed E-state index contributed by atoms with van der Waals surface area (Å²) in [7, 11) is 0. The van der Waals surface area contributed by atoms with Gasteiger partial charge in [-0.15, -0.1) is 0 Å². The number of amides is 1. The topological polar surface area (TPSA) is 52.3 Å². The van der Waals surface area contributed by atoms with Gasteiger partial charge in [-0.1, -0.05) is 30.7 Å². The third kappa shape index (κ3) is 1.56. The number of nitrogens with two attached hydrogens (primary N) is 1. The van der Waals surface area contributed by atoms with E-state index in [9.17, 15) is 4.79 Å². The first kappa shape index (κ1) is 11.0. The number of ether oxygens (including phenoxy) is 1. The molecular formula is C13H17NO2. The van der Waals surface area contributed by atoms with Crippen LogP contribution in [0, 0.1) is 12.8 Å². The zero-order valence-corrected chi connectivity index (χ0v) is 9.91. The minimum Gasteiger partial charge on any atom is -0.438 e. The van der Waals surface area contributed by atoms with Crippen molar-refractivity contribution in [1.29, 1.82) is 0 Å². The second kappa shape index (κ2) is 3.51. The number of carbonyl (C=O) groups is 1. The van der Waals surface area contributed by atoms with Crippen molar-refractivity contribution in [2.45, 2.75) is 32.8 Å². The zero-order chi connectivity index (χ0) is 11.9. The summed E-state index contributed by atoms with van der Waals surface area (Å²) in [6.07, 6.45) is 0.225. The molecule has 1 aliphatic rings. The largest absolute Gasteiger partial charge is 0.438 e. The fourth-order valence-electron chi connectivity index (χ4n) is 2.49. The minimum absolute atomic E-state index is 0.261. The quantitative estimate of drug-likeness (QED) is 0.789. The summed E-state index contributed by atoms with van der Waals surface area (Å²) in [6, 6.07) is 6.28. The molecule has 0 aliphatic heterocycles. The van der Waals surface area contributed by atoms with E-state index in [-0.39, 0.29) is 5.92 Å². The zero-order valence-electron chi connectivity index (χ0n) is 9.91. The normalized spacial score (nSPS) is 27.6. The fraction of sp³-hybridized carbons (Fsp3) is 0.462. The summed E-state index contributed by atoms with van der Waals surface area (Å²) in [5.74, 6) is 0.261. The first-order chi connectivity index (χ1) is 7.43. The van der Waals surface area contributed by atoms with Gasteiger partial charge in [0.05, 0.1) is 0 Å². The predicted octanol–water partition coefficient (Wildman–Crippen LogP) is 2.50. The van der Waals surface area contributed by atoms with Crippen LogP contribution in [-0.2, 0) is 16.8 Å². The van der Waals surface area contributed by atoms with Crippen LogP contribution in [0.4, 0.5) is 4.79 Å². The van der Waals surface area contributed by atoms with Gasteiger partial charge in [-0.3, -0.25) is 0 Å². The van der Waals surface area contributed by atoms with Gasteiger partial charge < -0.3 is 10.5 Å². The fourth-order valence-corrected chi connectivity index (χ4v) is 2.49. The maximum absolute atomic E-state index is 11.0. The van der Waals surface area contributed by atoms with Crippen LogP contribution in [0.3, 0.4) is 0 Å². The number of fused-ring (bicyclic) bond motifs is 1. The average molecular weight is 219 g/mol. The van der Waals surface area contributed by atoms with E-state index in [1.807, 2.05) is 13.8 Å². The highest BCUT2D eigenvalue weighted by Crippen LogP contribution is 2.44. The number of aryl methyl sites for hydroxylation is 1. The molecule has 16 heavy (non-hydrogen) atoms. The lowest BCUT2D eigenvalue weighted by Gasteiger charge is -2.29. The monoisotopic (exact) mass is 219 g/mol. The number of hydrogen-bond acceptors (Lipinski definition) is 2. The van der Waals surface area contributed by atoms with Crippen molar-refractivity contribution in [2.24, 2.45) is 11.7 Å². The molecule has 2 N–H and O–H groups in total. The van der Waals surface area contributed by atoms with Gasteiger partial charge in [0.15, 0.2) is 0 Å². The predicted molar refractivity (Wildman–Crippen MR) is 62.1 cm³/mol. The van der Waals surface area contributed by atoms with Crippen LogP contribution in [0.25, 0.3) is 0 Å². The first-order valence-corrected chi connectivity index (χ1v) is 5.52. The van der Waals surface area contributed by atoms with Gasteiger partial charge in [-0.2, -0.15) is 0 Å². The number of rotatable bonds is 1. The van der Waals surface area contributed by atoms with Crippen LogP contribution in [-0.4, -0.2) is 6.09 Å². The summed E-state index contributed by atoms with van der Waals surface area (Å²) < 4.78 is 5.33. The van der Waals surface area contributed by atoms with Crippen LogP contribution in [0.2, 0.25) is 0 Å². The SMILES string of the molecule is Cc1ccc2c(c1)[C@](C)(OC(N)=O)[C@@H](C)C2. The highest BCUT2D eigenvalue weighted by Gasteiger charge is 2.43. The molecule has 0 fully saturated rings. The lowest BCUT2D eigenvalue weighted by Crippen LogP contribution is -2.34. The van der Waals surface area contributed by atoms with Crippen molar-refractivity contribution < 1.29 is 9.53 Å². The molecule has 86 valence electrons. The third-order valence-corrected chi connectivity index (χ3v) is 3.58. The van der Waals surface area contributed by atoms with E-state index in [0.29, 0.717) is 0 Å². The Balaban J connectivity index is 2.48. The molecule has 1 aliphatic carbocycles. The molecule has 0 heterocycles. The summed E-state index contributed by atoms with van der Waals surface area (Å²) in [5, 5.41) is 0. The molecule has 0 unspecified atom stereocenters. The van der Waals surface area contributed by atoms with Crippen molar-refractivity contribution in [1.82, 2.24) is 0 Å². The maximum atomic E-state index is 11.0. The van der Waals surface area contributed by atoms with Crippen LogP contribution in [0.1, 0.15) is 30.5 Å². The lowest BCUT2D eigenvalue weighted by molar-refractivity contribution is -0.00398. The van der Waals surface area contributed by atoms with E-state index in [2.05, 4.69) is 25.1 Å². The first-order valence-electron chi connectivity index (χ1n) is 5.52. The average Bonchev–Trinajstić information content (AvgIpc) is 2.40. The van der Waals surface area contributed by atoms with Crippen molar-refractivity contribution in [3.8, 4) is 0 Å². The second-order valence-electron chi connectivity index (χ2n) is 4.79. The molecular weight excluding hydrogens is 202 g/mol. The Morgan fingerprint density at radius 3 is 2.88 bits per heavy atom. The molecule has 1 aromatic rings. The van der Waals surface area contributed by atoms with Gasteiger partial charge in [-0.05, 0) is 31.4 Å². The van der Waals surface area contributed by atoms with Crippen LogP contribution in [0.5, 0.6) is 0 Å². The minimum atomic E-state index is -0.705. The van der Waals surface area contributed by atoms with E-state index >= 15 is 0 Å². The summed E-state index contributed by atoms with van der Waals surface area (Å²) in [5.41, 5.74) is 8.10. The number of carbonyl (C=O) groups excluding carboxylic acids is 1. The second-order valence-corrected chi connectivity index (χ2v) is 4.79.